The van der Waals surface area contributed by atoms with Crippen molar-refractivity contribution in [2.45, 2.75) is 45.8 Å². The van der Waals surface area contributed by atoms with E-state index in [4.69, 9.17) is 4.74 Å². The number of hydrogen-bond donors (Lipinski definition) is 0. The van der Waals surface area contributed by atoms with E-state index < -0.39 is 0 Å². The molecule has 0 aromatic carbocycles. The maximum absolute atomic E-state index is 5.72. The molecule has 2 atom stereocenters. The number of ether oxygens (including phenoxy) is 1. The van der Waals surface area contributed by atoms with Crippen LogP contribution in [-0.2, 0) is 17.7 Å². The first-order valence-electron chi connectivity index (χ1n) is 6.26. The van der Waals surface area contributed by atoms with E-state index in [0.717, 1.165) is 43.6 Å². The van der Waals surface area contributed by atoms with E-state index in [2.05, 4.69) is 39.9 Å². The Morgan fingerprint density at radius 3 is 3.06 bits per heavy atom. The molecule has 96 valence electrons. The Kier molecular flexibility index (Phi) is 4.20. The van der Waals surface area contributed by atoms with E-state index in [-0.39, 0.29) is 11.5 Å². The van der Waals surface area contributed by atoms with Gasteiger partial charge in [0.1, 0.15) is 12.2 Å². The molecule has 1 saturated heterocycles. The average Bonchev–Trinajstić information content (AvgIpc) is 2.89. The molecule has 1 aliphatic rings. The van der Waals surface area contributed by atoms with Crippen molar-refractivity contribution in [2.75, 3.05) is 11.9 Å². The topological polar surface area (TPSA) is 39.9 Å². The smallest absolute Gasteiger partial charge is 0.138 e. The number of alkyl halides is 1. The van der Waals surface area contributed by atoms with Crippen LogP contribution >= 0.6 is 15.9 Å². The summed E-state index contributed by atoms with van der Waals surface area (Å²) < 4.78 is 7.74. The number of aryl methyl sites for hydroxylation is 1. The number of halogens is 1. The van der Waals surface area contributed by atoms with Crippen molar-refractivity contribution in [1.82, 2.24) is 14.8 Å². The molecule has 1 aliphatic heterocycles. The van der Waals surface area contributed by atoms with E-state index in [1.165, 1.54) is 0 Å². The van der Waals surface area contributed by atoms with E-state index in [0.29, 0.717) is 0 Å². The minimum atomic E-state index is 0.179. The number of nitrogens with zero attached hydrogens (tertiary/aromatic N) is 3. The van der Waals surface area contributed by atoms with Crippen LogP contribution in [0.25, 0.3) is 0 Å². The van der Waals surface area contributed by atoms with Crippen molar-refractivity contribution in [3.63, 3.8) is 0 Å². The van der Waals surface area contributed by atoms with Crippen molar-refractivity contribution in [3.8, 4) is 0 Å². The normalized spacial score (nSPS) is 28.8. The Balaban J connectivity index is 2.15. The molecule has 5 heteroatoms. The summed E-state index contributed by atoms with van der Waals surface area (Å²) in [6.07, 6.45) is 5.07. The van der Waals surface area contributed by atoms with Gasteiger partial charge < -0.3 is 4.74 Å². The summed E-state index contributed by atoms with van der Waals surface area (Å²) in [5.74, 6) is 1.09. The van der Waals surface area contributed by atoms with Crippen molar-refractivity contribution in [1.29, 1.82) is 0 Å². The minimum Gasteiger partial charge on any atom is -0.378 e. The SMILES string of the molecule is CCCn1ncnc1CC1(CBr)CCOC1C. The van der Waals surface area contributed by atoms with E-state index in [9.17, 15) is 0 Å². The fourth-order valence-corrected chi connectivity index (χ4v) is 3.35. The van der Waals surface area contributed by atoms with Crippen LogP contribution in [0.15, 0.2) is 6.33 Å². The molecule has 17 heavy (non-hydrogen) atoms. The molecule has 0 radical (unpaired) electrons. The lowest BCUT2D eigenvalue weighted by Crippen LogP contribution is -2.34. The van der Waals surface area contributed by atoms with Crippen LogP contribution in [0.2, 0.25) is 0 Å². The van der Waals surface area contributed by atoms with Crippen LogP contribution in [0, 0.1) is 5.41 Å². The second-order valence-corrected chi connectivity index (χ2v) is 5.40. The summed E-state index contributed by atoms with van der Waals surface area (Å²) in [7, 11) is 0. The first-order valence-corrected chi connectivity index (χ1v) is 7.38. The fourth-order valence-electron chi connectivity index (χ4n) is 2.41. The molecule has 0 saturated carbocycles. The van der Waals surface area contributed by atoms with Crippen LogP contribution in [0.5, 0.6) is 0 Å². The van der Waals surface area contributed by atoms with Gasteiger partial charge in [-0.05, 0) is 19.8 Å². The predicted octanol–water partition coefficient (Wildman–Crippen LogP) is 2.42. The highest BCUT2D eigenvalue weighted by atomic mass is 79.9. The first kappa shape index (κ1) is 13.0. The summed E-state index contributed by atoms with van der Waals surface area (Å²) in [6.45, 7) is 6.12. The van der Waals surface area contributed by atoms with Crippen molar-refractivity contribution in [2.24, 2.45) is 5.41 Å². The van der Waals surface area contributed by atoms with Crippen molar-refractivity contribution >= 4 is 15.9 Å². The molecule has 2 heterocycles. The van der Waals surface area contributed by atoms with Crippen LogP contribution in [-0.4, -0.2) is 32.8 Å². The molecule has 0 N–H and O–H groups in total. The third kappa shape index (κ3) is 2.55. The first-order chi connectivity index (χ1) is 8.22. The second-order valence-electron chi connectivity index (χ2n) is 4.84. The molecular formula is C12H20BrN3O. The summed E-state index contributed by atoms with van der Waals surface area (Å²) in [5.41, 5.74) is 0.179. The molecule has 0 aliphatic carbocycles. The Bertz CT molecular complexity index is 368. The van der Waals surface area contributed by atoms with Gasteiger partial charge in [0.05, 0.1) is 6.10 Å². The molecule has 1 fully saturated rings. The molecule has 1 aromatic heterocycles. The molecule has 1 aromatic rings. The highest BCUT2D eigenvalue weighted by molar-refractivity contribution is 9.09. The summed E-state index contributed by atoms with van der Waals surface area (Å²) in [5, 5.41) is 5.25. The molecular weight excluding hydrogens is 282 g/mol. The van der Waals surface area contributed by atoms with Gasteiger partial charge in [-0.15, -0.1) is 0 Å². The molecule has 4 nitrogen and oxygen atoms in total. The molecule has 0 amide bonds. The van der Waals surface area contributed by atoms with Gasteiger partial charge in [-0.3, -0.25) is 4.68 Å². The van der Waals surface area contributed by atoms with E-state index >= 15 is 0 Å². The molecule has 0 spiro atoms. The molecule has 2 unspecified atom stereocenters. The van der Waals surface area contributed by atoms with E-state index in [1.54, 1.807) is 6.33 Å². The second kappa shape index (κ2) is 5.48. The lowest BCUT2D eigenvalue weighted by atomic mass is 9.80. The summed E-state index contributed by atoms with van der Waals surface area (Å²) in [6, 6.07) is 0. The van der Waals surface area contributed by atoms with Gasteiger partial charge in [0.15, 0.2) is 0 Å². The average molecular weight is 302 g/mol. The number of rotatable bonds is 5. The molecule has 2 rings (SSSR count). The van der Waals surface area contributed by atoms with Gasteiger partial charge in [-0.1, -0.05) is 22.9 Å². The number of aromatic nitrogens is 3. The largest absolute Gasteiger partial charge is 0.378 e. The van der Waals surface area contributed by atoms with Gasteiger partial charge in [0.25, 0.3) is 0 Å². The zero-order chi connectivity index (χ0) is 12.3. The summed E-state index contributed by atoms with van der Waals surface area (Å²) in [4.78, 5) is 4.40. The molecule has 0 bridgehead atoms. The lowest BCUT2D eigenvalue weighted by molar-refractivity contribution is 0.0732. The van der Waals surface area contributed by atoms with Gasteiger partial charge in [0.2, 0.25) is 0 Å². The number of hydrogen-bond acceptors (Lipinski definition) is 3. The Morgan fingerprint density at radius 1 is 1.65 bits per heavy atom. The Hall–Kier alpha value is -0.420. The highest BCUT2D eigenvalue weighted by Gasteiger charge is 2.41. The van der Waals surface area contributed by atoms with Crippen molar-refractivity contribution < 1.29 is 4.74 Å². The van der Waals surface area contributed by atoms with Gasteiger partial charge >= 0.3 is 0 Å². The highest BCUT2D eigenvalue weighted by Crippen LogP contribution is 2.39. The van der Waals surface area contributed by atoms with Crippen LogP contribution in [0.3, 0.4) is 0 Å². The standard InChI is InChI=1S/C12H20BrN3O/c1-3-5-16-11(14-9-15-16)7-12(8-13)4-6-17-10(12)2/h9-10H,3-8H2,1-2H3. The predicted molar refractivity (Wildman–Crippen MR) is 70.3 cm³/mol. The van der Waals surface area contributed by atoms with Crippen LogP contribution in [0.1, 0.15) is 32.5 Å². The monoisotopic (exact) mass is 301 g/mol. The van der Waals surface area contributed by atoms with E-state index in [1.807, 2.05) is 4.68 Å². The summed E-state index contributed by atoms with van der Waals surface area (Å²) >= 11 is 3.65. The van der Waals surface area contributed by atoms with Gasteiger partial charge in [-0.2, -0.15) is 5.10 Å². The van der Waals surface area contributed by atoms with Crippen molar-refractivity contribution in [3.05, 3.63) is 12.2 Å². The lowest BCUT2D eigenvalue weighted by Gasteiger charge is -2.29. The third-order valence-corrected chi connectivity index (χ3v) is 4.85. The maximum Gasteiger partial charge on any atom is 0.138 e. The van der Waals surface area contributed by atoms with Gasteiger partial charge in [-0.25, -0.2) is 4.98 Å². The van der Waals surface area contributed by atoms with Gasteiger partial charge in [0, 0.05) is 30.3 Å². The zero-order valence-corrected chi connectivity index (χ0v) is 12.1. The Morgan fingerprint density at radius 2 is 2.47 bits per heavy atom. The maximum atomic E-state index is 5.72. The quantitative estimate of drug-likeness (QED) is 0.784. The zero-order valence-electron chi connectivity index (χ0n) is 10.5. The van der Waals surface area contributed by atoms with Crippen LogP contribution in [0.4, 0.5) is 0 Å². The fraction of sp³-hybridized carbons (Fsp3) is 0.833. The third-order valence-electron chi connectivity index (χ3n) is 3.74. The van der Waals surface area contributed by atoms with Crippen LogP contribution < -0.4 is 0 Å². The Labute approximate surface area is 111 Å². The minimum absolute atomic E-state index is 0.179.